The smallest absolute Gasteiger partial charge is 0.261 e. The lowest BCUT2D eigenvalue weighted by Crippen LogP contribution is -2.43. The fraction of sp³-hybridized carbons (Fsp3) is 0.344. The van der Waals surface area contributed by atoms with Crippen LogP contribution in [-0.4, -0.2) is 39.9 Å². The minimum Gasteiger partial charge on any atom is -0.461 e. The normalized spacial score (nSPS) is 15.3. The Morgan fingerprint density at radius 3 is 2.69 bits per heavy atom. The SMILES string of the molecule is CCC(c1ccc2c(c1)N(C)C(=O)C(C)(C)C(=O)N2)N(CCn1ccc2oc(C)cc2c1=O)Cc1cccnc1C#N. The quantitative estimate of drug-likeness (QED) is 0.305. The van der Waals surface area contributed by atoms with Gasteiger partial charge in [0, 0.05) is 50.7 Å². The number of furan rings is 1. The molecule has 0 bridgehead atoms. The number of aryl methyl sites for hydroxylation is 1. The summed E-state index contributed by atoms with van der Waals surface area (Å²) >= 11 is 0. The molecule has 1 N–H and O–H groups in total. The summed E-state index contributed by atoms with van der Waals surface area (Å²) in [5.74, 6) is 0.0359. The van der Waals surface area contributed by atoms with E-state index in [1.54, 1.807) is 50.0 Å². The molecule has 0 aliphatic carbocycles. The molecule has 10 heteroatoms. The molecule has 2 amide bonds. The second-order valence-corrected chi connectivity index (χ2v) is 11.2. The molecule has 0 saturated heterocycles. The first-order chi connectivity index (χ1) is 20.0. The molecule has 5 rings (SSSR count). The van der Waals surface area contributed by atoms with E-state index in [2.05, 4.69) is 28.2 Å². The largest absolute Gasteiger partial charge is 0.461 e. The third kappa shape index (κ3) is 5.19. The van der Waals surface area contributed by atoms with Crippen molar-refractivity contribution < 1.29 is 14.0 Å². The van der Waals surface area contributed by atoms with Gasteiger partial charge in [0.05, 0.1) is 16.8 Å². The number of pyridine rings is 2. The van der Waals surface area contributed by atoms with E-state index < -0.39 is 5.41 Å². The molecule has 1 atom stereocenters. The summed E-state index contributed by atoms with van der Waals surface area (Å²) in [7, 11) is 1.68. The molecular weight excluding hydrogens is 532 g/mol. The number of aromatic nitrogens is 2. The van der Waals surface area contributed by atoms with Crippen molar-refractivity contribution in [2.75, 3.05) is 23.8 Å². The number of rotatable bonds is 8. The first-order valence-electron chi connectivity index (χ1n) is 14.0. The zero-order valence-corrected chi connectivity index (χ0v) is 24.5. The fourth-order valence-corrected chi connectivity index (χ4v) is 5.59. The van der Waals surface area contributed by atoms with Gasteiger partial charge in [-0.3, -0.25) is 19.3 Å². The van der Waals surface area contributed by atoms with Crippen molar-refractivity contribution in [1.29, 1.82) is 5.26 Å². The Hall–Kier alpha value is -4.75. The van der Waals surface area contributed by atoms with Crippen molar-refractivity contribution in [1.82, 2.24) is 14.5 Å². The average Bonchev–Trinajstić information content (AvgIpc) is 3.35. The Kier molecular flexibility index (Phi) is 7.71. The Balaban J connectivity index is 1.52. The predicted octanol–water partition coefficient (Wildman–Crippen LogP) is 4.76. The van der Waals surface area contributed by atoms with Crippen molar-refractivity contribution in [3.8, 4) is 6.07 Å². The highest BCUT2D eigenvalue weighted by Gasteiger charge is 2.42. The van der Waals surface area contributed by atoms with E-state index in [4.69, 9.17) is 4.42 Å². The van der Waals surface area contributed by atoms with Gasteiger partial charge < -0.3 is 19.2 Å². The van der Waals surface area contributed by atoms with Gasteiger partial charge in [-0.15, -0.1) is 0 Å². The van der Waals surface area contributed by atoms with Gasteiger partial charge in [0.25, 0.3) is 5.56 Å². The van der Waals surface area contributed by atoms with Crippen molar-refractivity contribution in [2.45, 2.75) is 53.2 Å². The molecule has 0 fully saturated rings. The van der Waals surface area contributed by atoms with Crippen LogP contribution in [0.15, 0.2) is 64.1 Å². The summed E-state index contributed by atoms with van der Waals surface area (Å²) in [6.07, 6.45) is 4.05. The summed E-state index contributed by atoms with van der Waals surface area (Å²) < 4.78 is 7.30. The number of anilines is 2. The number of carbonyl (C=O) groups excluding carboxylic acids is 2. The van der Waals surface area contributed by atoms with Crippen LogP contribution in [-0.2, 0) is 22.7 Å². The first-order valence-corrected chi connectivity index (χ1v) is 14.0. The molecule has 216 valence electrons. The lowest BCUT2D eigenvalue weighted by molar-refractivity contribution is -0.136. The summed E-state index contributed by atoms with van der Waals surface area (Å²) in [6, 6.07) is 15.0. The number of amides is 2. The third-order valence-electron chi connectivity index (χ3n) is 8.03. The van der Waals surface area contributed by atoms with Gasteiger partial charge >= 0.3 is 0 Å². The van der Waals surface area contributed by atoms with Crippen LogP contribution in [0.3, 0.4) is 0 Å². The maximum absolute atomic E-state index is 13.2. The molecule has 0 spiro atoms. The van der Waals surface area contributed by atoms with Crippen LogP contribution in [0.2, 0.25) is 0 Å². The van der Waals surface area contributed by atoms with Gasteiger partial charge in [0.15, 0.2) is 0 Å². The Morgan fingerprint density at radius 1 is 1.17 bits per heavy atom. The fourth-order valence-electron chi connectivity index (χ4n) is 5.59. The number of hydrogen-bond donors (Lipinski definition) is 1. The molecule has 0 radical (unpaired) electrons. The minimum absolute atomic E-state index is 0.125. The van der Waals surface area contributed by atoms with Gasteiger partial charge in [-0.1, -0.05) is 19.1 Å². The maximum atomic E-state index is 13.2. The number of nitrogens with zero attached hydrogens (tertiary/aromatic N) is 5. The van der Waals surface area contributed by atoms with Gasteiger partial charge in [0.2, 0.25) is 11.8 Å². The van der Waals surface area contributed by atoms with Crippen molar-refractivity contribution in [2.24, 2.45) is 5.41 Å². The molecular formula is C32H34N6O4. The van der Waals surface area contributed by atoms with Crippen LogP contribution < -0.4 is 15.8 Å². The third-order valence-corrected chi connectivity index (χ3v) is 8.03. The summed E-state index contributed by atoms with van der Waals surface area (Å²) in [5.41, 5.74) is 2.49. The van der Waals surface area contributed by atoms with Crippen LogP contribution in [0.25, 0.3) is 11.0 Å². The highest BCUT2D eigenvalue weighted by atomic mass is 16.3. The highest BCUT2D eigenvalue weighted by molar-refractivity contribution is 6.19. The van der Waals surface area contributed by atoms with Crippen LogP contribution in [0.4, 0.5) is 11.4 Å². The number of carbonyl (C=O) groups is 2. The lowest BCUT2D eigenvalue weighted by atomic mass is 9.91. The first kappa shape index (κ1) is 28.8. The summed E-state index contributed by atoms with van der Waals surface area (Å²) in [4.78, 5) is 47.2. The molecule has 1 unspecified atom stereocenters. The molecule has 3 aromatic heterocycles. The van der Waals surface area contributed by atoms with Gasteiger partial charge in [-0.05, 0) is 63.1 Å². The molecule has 4 heterocycles. The predicted molar refractivity (Wildman–Crippen MR) is 160 cm³/mol. The van der Waals surface area contributed by atoms with E-state index in [0.29, 0.717) is 59.9 Å². The number of fused-ring (bicyclic) bond motifs is 2. The van der Waals surface area contributed by atoms with Crippen molar-refractivity contribution in [3.63, 3.8) is 0 Å². The second-order valence-electron chi connectivity index (χ2n) is 11.2. The van der Waals surface area contributed by atoms with E-state index in [0.717, 1.165) is 11.1 Å². The molecule has 1 aliphatic heterocycles. The Bertz CT molecular complexity index is 1780. The van der Waals surface area contributed by atoms with E-state index in [1.807, 2.05) is 37.3 Å². The number of nitriles is 1. The molecule has 1 aliphatic rings. The van der Waals surface area contributed by atoms with Gasteiger partial charge in [-0.25, -0.2) is 4.98 Å². The van der Waals surface area contributed by atoms with Crippen molar-refractivity contribution in [3.05, 3.63) is 87.8 Å². The number of hydrogen-bond acceptors (Lipinski definition) is 7. The van der Waals surface area contributed by atoms with Crippen LogP contribution in [0, 0.1) is 23.7 Å². The van der Waals surface area contributed by atoms with Gasteiger partial charge in [-0.2, -0.15) is 5.26 Å². The molecule has 42 heavy (non-hydrogen) atoms. The summed E-state index contributed by atoms with van der Waals surface area (Å²) in [5, 5.41) is 13.2. The topological polar surface area (TPSA) is 124 Å². The Labute approximate surface area is 244 Å². The molecule has 10 nitrogen and oxygen atoms in total. The average molecular weight is 567 g/mol. The van der Waals surface area contributed by atoms with E-state index in [9.17, 15) is 19.6 Å². The lowest BCUT2D eigenvalue weighted by Gasteiger charge is -2.33. The highest BCUT2D eigenvalue weighted by Crippen LogP contribution is 2.38. The maximum Gasteiger partial charge on any atom is 0.261 e. The van der Waals surface area contributed by atoms with E-state index in [1.165, 1.54) is 4.90 Å². The minimum atomic E-state index is -1.21. The zero-order valence-electron chi connectivity index (χ0n) is 24.5. The molecule has 0 saturated carbocycles. The van der Waals surface area contributed by atoms with E-state index in [-0.39, 0.29) is 23.4 Å². The monoisotopic (exact) mass is 566 g/mol. The van der Waals surface area contributed by atoms with Crippen LogP contribution in [0.5, 0.6) is 0 Å². The molecule has 4 aromatic rings. The van der Waals surface area contributed by atoms with Crippen LogP contribution in [0.1, 0.15) is 55.8 Å². The number of nitrogens with one attached hydrogen (secondary N) is 1. The zero-order chi connectivity index (χ0) is 30.2. The van der Waals surface area contributed by atoms with Crippen molar-refractivity contribution >= 4 is 34.2 Å². The number of benzene rings is 1. The van der Waals surface area contributed by atoms with Gasteiger partial charge in [0.1, 0.15) is 28.5 Å². The standard InChI is InChI=1S/C32H34N6O4/c1-6-26(21-9-10-24-27(17-21)36(5)31(41)32(3,4)30(40)35-24)38(19-22-8-7-12-34-25(22)18-33)15-14-37-13-11-28-23(29(37)39)16-20(2)42-28/h7-13,16-17,26H,6,14-15,19H2,1-5H3,(H,35,40). The Morgan fingerprint density at radius 2 is 1.95 bits per heavy atom. The molecule has 1 aromatic carbocycles. The second kappa shape index (κ2) is 11.3. The van der Waals surface area contributed by atoms with E-state index >= 15 is 0 Å². The van der Waals surface area contributed by atoms with Crippen LogP contribution >= 0.6 is 0 Å². The summed E-state index contributed by atoms with van der Waals surface area (Å²) in [6.45, 7) is 8.46.